The van der Waals surface area contributed by atoms with E-state index >= 15 is 0 Å². The fourth-order valence-corrected chi connectivity index (χ4v) is 2.17. The van der Waals surface area contributed by atoms with Gasteiger partial charge in [0.1, 0.15) is 0 Å². The number of hydrogen-bond acceptors (Lipinski definition) is 4. The number of amides is 1. The minimum atomic E-state index is 0.0120. The van der Waals surface area contributed by atoms with Gasteiger partial charge in [0.25, 0.3) is 0 Å². The quantitative estimate of drug-likeness (QED) is 0.627. The molecule has 5 nitrogen and oxygen atoms in total. The molecule has 0 aromatic carbocycles. The minimum absolute atomic E-state index is 0.0120. The van der Waals surface area contributed by atoms with Crippen LogP contribution in [-0.4, -0.2) is 56.5 Å². The summed E-state index contributed by atoms with van der Waals surface area (Å²) in [5.41, 5.74) is 0. The van der Waals surface area contributed by atoms with E-state index in [0.29, 0.717) is 13.2 Å². The summed E-state index contributed by atoms with van der Waals surface area (Å²) in [5, 5.41) is 3.30. The van der Waals surface area contributed by atoms with Crippen LogP contribution >= 0.6 is 0 Å². The lowest BCUT2D eigenvalue weighted by Crippen LogP contribution is -2.35. The van der Waals surface area contributed by atoms with E-state index in [1.165, 1.54) is 0 Å². The zero-order chi connectivity index (χ0) is 13.4. The summed E-state index contributed by atoms with van der Waals surface area (Å²) in [7, 11) is 1.67. The van der Waals surface area contributed by atoms with Gasteiger partial charge in [0.2, 0.25) is 5.91 Å². The van der Waals surface area contributed by atoms with E-state index in [1.807, 2.05) is 18.7 Å². The van der Waals surface area contributed by atoms with Gasteiger partial charge in [0.05, 0.1) is 25.4 Å². The van der Waals surface area contributed by atoms with Crippen molar-refractivity contribution in [1.29, 1.82) is 0 Å². The van der Waals surface area contributed by atoms with Gasteiger partial charge in [-0.3, -0.25) is 10.1 Å². The fraction of sp³-hybridized carbons (Fsp3) is 0.923. The number of carbonyl (C=O) groups excluding carboxylic acids is 1. The van der Waals surface area contributed by atoms with Crippen molar-refractivity contribution in [3.05, 3.63) is 0 Å². The van der Waals surface area contributed by atoms with Gasteiger partial charge in [-0.25, -0.2) is 0 Å². The maximum Gasteiger partial charge on any atom is 0.240 e. The second kappa shape index (κ2) is 8.45. The molecular formula is C13H26N2O3. The monoisotopic (exact) mass is 258 g/mol. The Balaban J connectivity index is 2.10. The Bertz CT molecular complexity index is 248. The summed E-state index contributed by atoms with van der Waals surface area (Å²) in [5.74, 6) is 0.241. The van der Waals surface area contributed by atoms with Crippen molar-refractivity contribution < 1.29 is 14.3 Å². The maximum absolute atomic E-state index is 12.0. The predicted octanol–water partition coefficient (Wildman–Crippen LogP) is 0.986. The fourth-order valence-electron chi connectivity index (χ4n) is 2.17. The standard InChI is InChI=1S/C13H26N2O3/c1-4-12-13(16)15(11(2)14-12)7-5-6-8-18-10-9-17-3/h11-12,14H,4-10H2,1-3H3. The van der Waals surface area contributed by atoms with Crippen molar-refractivity contribution in [2.45, 2.75) is 45.3 Å². The molecule has 0 aromatic heterocycles. The Labute approximate surface area is 110 Å². The van der Waals surface area contributed by atoms with Crippen LogP contribution in [0.25, 0.3) is 0 Å². The van der Waals surface area contributed by atoms with Crippen LogP contribution in [0.1, 0.15) is 33.1 Å². The molecular weight excluding hydrogens is 232 g/mol. The number of carbonyl (C=O) groups is 1. The van der Waals surface area contributed by atoms with Crippen LogP contribution in [0, 0.1) is 0 Å². The third kappa shape index (κ3) is 4.55. The zero-order valence-corrected chi connectivity index (χ0v) is 11.8. The van der Waals surface area contributed by atoms with E-state index in [4.69, 9.17) is 9.47 Å². The molecule has 1 amide bonds. The summed E-state index contributed by atoms with van der Waals surface area (Å²) in [6.45, 7) is 6.93. The summed E-state index contributed by atoms with van der Waals surface area (Å²) < 4.78 is 10.3. The highest BCUT2D eigenvalue weighted by Crippen LogP contribution is 2.13. The van der Waals surface area contributed by atoms with Crippen LogP contribution in [0.4, 0.5) is 0 Å². The molecule has 1 saturated heterocycles. The van der Waals surface area contributed by atoms with E-state index in [0.717, 1.165) is 32.4 Å². The van der Waals surface area contributed by atoms with Crippen molar-refractivity contribution in [2.75, 3.05) is 33.5 Å². The van der Waals surface area contributed by atoms with E-state index in [1.54, 1.807) is 7.11 Å². The van der Waals surface area contributed by atoms with Crippen molar-refractivity contribution >= 4 is 5.91 Å². The molecule has 1 aliphatic heterocycles. The van der Waals surface area contributed by atoms with Gasteiger partial charge in [0, 0.05) is 20.3 Å². The molecule has 2 unspecified atom stereocenters. The third-order valence-corrected chi connectivity index (χ3v) is 3.27. The van der Waals surface area contributed by atoms with Crippen LogP contribution in [0.5, 0.6) is 0 Å². The lowest BCUT2D eigenvalue weighted by atomic mass is 10.2. The predicted molar refractivity (Wildman–Crippen MR) is 70.3 cm³/mol. The molecule has 0 saturated carbocycles. The average Bonchev–Trinajstić information content (AvgIpc) is 2.64. The SMILES string of the molecule is CCC1NC(C)N(CCCCOCCOC)C1=O. The van der Waals surface area contributed by atoms with Crippen LogP contribution in [0.2, 0.25) is 0 Å². The van der Waals surface area contributed by atoms with Gasteiger partial charge >= 0.3 is 0 Å². The summed E-state index contributed by atoms with van der Waals surface area (Å²) in [6, 6.07) is 0.0120. The van der Waals surface area contributed by atoms with Crippen LogP contribution in [0.3, 0.4) is 0 Å². The first-order valence-corrected chi connectivity index (χ1v) is 6.84. The highest BCUT2D eigenvalue weighted by atomic mass is 16.5. The van der Waals surface area contributed by atoms with Gasteiger partial charge in [-0.2, -0.15) is 0 Å². The minimum Gasteiger partial charge on any atom is -0.382 e. The molecule has 0 bridgehead atoms. The number of ether oxygens (including phenoxy) is 2. The van der Waals surface area contributed by atoms with Gasteiger partial charge < -0.3 is 14.4 Å². The first kappa shape index (κ1) is 15.4. The molecule has 0 aromatic rings. The summed E-state index contributed by atoms with van der Waals surface area (Å²) in [6.07, 6.45) is 3.00. The highest BCUT2D eigenvalue weighted by Gasteiger charge is 2.34. The number of nitrogens with zero attached hydrogens (tertiary/aromatic N) is 1. The van der Waals surface area contributed by atoms with Gasteiger partial charge in [-0.1, -0.05) is 6.92 Å². The highest BCUT2D eigenvalue weighted by molar-refractivity contribution is 5.84. The molecule has 1 aliphatic rings. The third-order valence-electron chi connectivity index (χ3n) is 3.27. The van der Waals surface area contributed by atoms with Crippen LogP contribution < -0.4 is 5.32 Å². The average molecular weight is 258 g/mol. The van der Waals surface area contributed by atoms with Crippen molar-refractivity contribution in [3.63, 3.8) is 0 Å². The molecule has 1 fully saturated rings. The largest absolute Gasteiger partial charge is 0.382 e. The van der Waals surface area contributed by atoms with Gasteiger partial charge in [-0.05, 0) is 26.2 Å². The smallest absolute Gasteiger partial charge is 0.240 e. The van der Waals surface area contributed by atoms with Gasteiger partial charge in [-0.15, -0.1) is 0 Å². The number of hydrogen-bond donors (Lipinski definition) is 1. The summed E-state index contributed by atoms with van der Waals surface area (Å²) in [4.78, 5) is 13.9. The molecule has 5 heteroatoms. The molecule has 0 radical (unpaired) electrons. The number of rotatable bonds is 9. The normalized spacial score (nSPS) is 23.9. The number of nitrogens with one attached hydrogen (secondary N) is 1. The molecule has 2 atom stereocenters. The Morgan fingerprint density at radius 3 is 2.67 bits per heavy atom. The van der Waals surface area contributed by atoms with Gasteiger partial charge in [0.15, 0.2) is 0 Å². The first-order valence-electron chi connectivity index (χ1n) is 6.84. The number of methoxy groups -OCH3 is 1. The lowest BCUT2D eigenvalue weighted by Gasteiger charge is -2.20. The number of unbranched alkanes of at least 4 members (excludes halogenated alkanes) is 1. The van der Waals surface area contributed by atoms with Crippen LogP contribution in [-0.2, 0) is 14.3 Å². The van der Waals surface area contributed by atoms with E-state index in [-0.39, 0.29) is 18.1 Å². The second-order valence-corrected chi connectivity index (χ2v) is 4.65. The summed E-state index contributed by atoms with van der Waals surface area (Å²) >= 11 is 0. The molecule has 0 aliphatic carbocycles. The molecule has 18 heavy (non-hydrogen) atoms. The molecule has 1 heterocycles. The molecule has 1 rings (SSSR count). The Morgan fingerprint density at radius 1 is 1.28 bits per heavy atom. The molecule has 0 spiro atoms. The Hall–Kier alpha value is -0.650. The van der Waals surface area contributed by atoms with Crippen molar-refractivity contribution in [1.82, 2.24) is 10.2 Å². The Morgan fingerprint density at radius 2 is 2.06 bits per heavy atom. The maximum atomic E-state index is 12.0. The Kier molecular flexibility index (Phi) is 7.23. The zero-order valence-electron chi connectivity index (χ0n) is 11.8. The van der Waals surface area contributed by atoms with E-state index < -0.39 is 0 Å². The topological polar surface area (TPSA) is 50.8 Å². The van der Waals surface area contributed by atoms with Crippen LogP contribution in [0.15, 0.2) is 0 Å². The lowest BCUT2D eigenvalue weighted by molar-refractivity contribution is -0.130. The second-order valence-electron chi connectivity index (χ2n) is 4.65. The molecule has 106 valence electrons. The first-order chi connectivity index (χ1) is 8.70. The van der Waals surface area contributed by atoms with E-state index in [9.17, 15) is 4.79 Å². The van der Waals surface area contributed by atoms with E-state index in [2.05, 4.69) is 5.32 Å². The molecule has 1 N–H and O–H groups in total. The van der Waals surface area contributed by atoms with Crippen molar-refractivity contribution in [2.24, 2.45) is 0 Å². The van der Waals surface area contributed by atoms with Crippen molar-refractivity contribution in [3.8, 4) is 0 Å².